The van der Waals surface area contributed by atoms with Crippen LogP contribution in [0, 0.1) is 12.7 Å². The lowest BCUT2D eigenvalue weighted by Gasteiger charge is -2.15. The molecule has 0 fully saturated rings. The molecule has 0 radical (unpaired) electrons. The average Bonchev–Trinajstić information content (AvgIpc) is 2.96. The Morgan fingerprint density at radius 2 is 2.18 bits per heavy atom. The first-order valence-electron chi connectivity index (χ1n) is 7.38. The molecule has 0 spiro atoms. The van der Waals surface area contributed by atoms with Gasteiger partial charge in [0.1, 0.15) is 0 Å². The smallest absolute Gasteiger partial charge is 0.291 e. The van der Waals surface area contributed by atoms with E-state index < -0.39 is 5.82 Å². The largest absolute Gasteiger partial charge is 0.505 e. The maximum absolute atomic E-state index is 13.6. The zero-order valence-corrected chi connectivity index (χ0v) is 12.6. The third-order valence-electron chi connectivity index (χ3n) is 3.94. The van der Waals surface area contributed by atoms with Gasteiger partial charge in [0.2, 0.25) is 5.82 Å². The Kier molecular flexibility index (Phi) is 3.60. The number of carbonyl (C=O) groups is 1. The van der Waals surface area contributed by atoms with Crippen molar-refractivity contribution in [1.29, 1.82) is 0 Å². The van der Waals surface area contributed by atoms with Gasteiger partial charge in [-0.25, -0.2) is 9.37 Å². The minimum atomic E-state index is -0.681. The summed E-state index contributed by atoms with van der Waals surface area (Å²) >= 11 is 0. The summed E-state index contributed by atoms with van der Waals surface area (Å²) in [5.74, 6) is -0.748. The van der Waals surface area contributed by atoms with Crippen LogP contribution >= 0.6 is 0 Å². The number of aromatic hydroxyl groups is 1. The first-order valence-corrected chi connectivity index (χ1v) is 7.38. The number of imidazole rings is 1. The highest BCUT2D eigenvalue weighted by Gasteiger charge is 2.32. The van der Waals surface area contributed by atoms with E-state index in [9.17, 15) is 14.3 Å². The van der Waals surface area contributed by atoms with Crippen LogP contribution in [0.3, 0.4) is 0 Å². The summed E-state index contributed by atoms with van der Waals surface area (Å²) < 4.78 is 15.4. The molecule has 3 rings (SSSR count). The zero-order valence-electron chi connectivity index (χ0n) is 12.6. The van der Waals surface area contributed by atoms with Crippen LogP contribution in [0.1, 0.15) is 36.1 Å². The van der Waals surface area contributed by atoms with Crippen LogP contribution < -0.4 is 0 Å². The van der Waals surface area contributed by atoms with Gasteiger partial charge >= 0.3 is 0 Å². The van der Waals surface area contributed by atoms with Gasteiger partial charge in [0.25, 0.3) is 5.91 Å². The Morgan fingerprint density at radius 3 is 2.86 bits per heavy atom. The molecule has 1 aliphatic heterocycles. The van der Waals surface area contributed by atoms with Gasteiger partial charge in [-0.05, 0) is 31.5 Å². The Bertz CT molecular complexity index is 739. The second-order valence-electron chi connectivity index (χ2n) is 5.53. The van der Waals surface area contributed by atoms with Crippen LogP contribution in [0.25, 0.3) is 11.3 Å². The molecule has 0 unspecified atom stereocenters. The van der Waals surface area contributed by atoms with E-state index in [1.165, 1.54) is 12.1 Å². The van der Waals surface area contributed by atoms with Gasteiger partial charge in [0, 0.05) is 12.1 Å². The highest BCUT2D eigenvalue weighted by Crippen LogP contribution is 2.31. The number of benzene rings is 1. The minimum absolute atomic E-state index is 0.0814. The number of aryl methyl sites for hydroxylation is 1. The zero-order chi connectivity index (χ0) is 15.9. The van der Waals surface area contributed by atoms with Crippen molar-refractivity contribution in [3.05, 3.63) is 35.5 Å². The monoisotopic (exact) mass is 303 g/mol. The van der Waals surface area contributed by atoms with Crippen LogP contribution in [0.2, 0.25) is 0 Å². The number of unbranched alkanes of at least 4 members (excludes halogenated alkanes) is 1. The van der Waals surface area contributed by atoms with Crippen molar-refractivity contribution in [1.82, 2.24) is 14.5 Å². The quantitative estimate of drug-likeness (QED) is 0.945. The molecule has 1 aromatic heterocycles. The van der Waals surface area contributed by atoms with E-state index in [4.69, 9.17) is 0 Å². The number of hydrogen-bond donors (Lipinski definition) is 1. The second kappa shape index (κ2) is 5.44. The maximum atomic E-state index is 13.6. The van der Waals surface area contributed by atoms with Crippen molar-refractivity contribution >= 4 is 5.91 Å². The van der Waals surface area contributed by atoms with Crippen molar-refractivity contribution in [2.24, 2.45) is 0 Å². The molecule has 0 saturated carbocycles. The molecular formula is C16H18FN3O2. The standard InChI is InChI=1S/C16H18FN3O2/c1-3-4-7-19-9-20-14(10(2)18-15(20)16(19)22)11-5-6-13(21)12(17)8-11/h5-6,8,21H,3-4,7,9H2,1-2H3. The fourth-order valence-electron chi connectivity index (χ4n) is 2.79. The van der Waals surface area contributed by atoms with E-state index in [0.717, 1.165) is 18.5 Å². The fraction of sp³-hybridized carbons (Fsp3) is 0.375. The predicted octanol–water partition coefficient (Wildman–Crippen LogP) is 2.92. The average molecular weight is 303 g/mol. The summed E-state index contributed by atoms with van der Waals surface area (Å²) in [6.45, 7) is 5.01. The molecule has 22 heavy (non-hydrogen) atoms. The van der Waals surface area contributed by atoms with E-state index in [-0.39, 0.29) is 11.7 Å². The summed E-state index contributed by atoms with van der Waals surface area (Å²) in [7, 11) is 0. The van der Waals surface area contributed by atoms with E-state index in [2.05, 4.69) is 11.9 Å². The molecule has 116 valence electrons. The van der Waals surface area contributed by atoms with E-state index in [0.29, 0.717) is 30.3 Å². The Hall–Kier alpha value is -2.37. The Balaban J connectivity index is 2.00. The Labute approximate surface area is 128 Å². The van der Waals surface area contributed by atoms with Crippen molar-refractivity contribution in [3.8, 4) is 17.0 Å². The van der Waals surface area contributed by atoms with Gasteiger partial charge in [-0.15, -0.1) is 0 Å². The number of carbonyl (C=O) groups excluding carboxylic acids is 1. The topological polar surface area (TPSA) is 58.4 Å². The van der Waals surface area contributed by atoms with Crippen LogP contribution in [-0.4, -0.2) is 32.0 Å². The van der Waals surface area contributed by atoms with Crippen molar-refractivity contribution in [3.63, 3.8) is 0 Å². The van der Waals surface area contributed by atoms with Gasteiger partial charge in [0.05, 0.1) is 18.1 Å². The van der Waals surface area contributed by atoms with Crippen molar-refractivity contribution < 1.29 is 14.3 Å². The van der Waals surface area contributed by atoms with E-state index >= 15 is 0 Å². The molecule has 1 aliphatic rings. The first-order chi connectivity index (χ1) is 10.5. The molecule has 2 aromatic rings. The molecule has 1 N–H and O–H groups in total. The number of phenolic OH excluding ortho intramolecular Hbond substituents is 1. The molecule has 5 nitrogen and oxygen atoms in total. The molecular weight excluding hydrogens is 285 g/mol. The van der Waals surface area contributed by atoms with Gasteiger partial charge in [-0.1, -0.05) is 13.3 Å². The lowest BCUT2D eigenvalue weighted by molar-refractivity contribution is 0.0763. The fourth-order valence-corrected chi connectivity index (χ4v) is 2.79. The molecule has 0 saturated heterocycles. The summed E-state index contributed by atoms with van der Waals surface area (Å²) in [5, 5.41) is 9.33. The van der Waals surface area contributed by atoms with E-state index in [1.54, 1.807) is 17.9 Å². The highest BCUT2D eigenvalue weighted by molar-refractivity contribution is 5.94. The third-order valence-corrected chi connectivity index (χ3v) is 3.94. The number of nitrogens with zero attached hydrogens (tertiary/aromatic N) is 3. The molecule has 1 aromatic carbocycles. The number of fused-ring (bicyclic) bond motifs is 1. The number of rotatable bonds is 4. The number of amides is 1. The predicted molar refractivity (Wildman–Crippen MR) is 80.0 cm³/mol. The summed E-state index contributed by atoms with van der Waals surface area (Å²) in [4.78, 5) is 18.5. The summed E-state index contributed by atoms with van der Waals surface area (Å²) in [6.07, 6.45) is 1.96. The van der Waals surface area contributed by atoms with Crippen molar-refractivity contribution in [2.45, 2.75) is 33.4 Å². The number of phenols is 1. The van der Waals surface area contributed by atoms with Gasteiger partial charge in [-0.3, -0.25) is 4.79 Å². The lowest BCUT2D eigenvalue weighted by Crippen LogP contribution is -2.26. The van der Waals surface area contributed by atoms with Gasteiger partial charge in [-0.2, -0.15) is 0 Å². The Morgan fingerprint density at radius 1 is 1.41 bits per heavy atom. The molecule has 0 aliphatic carbocycles. The summed E-state index contributed by atoms with van der Waals surface area (Å²) in [5.41, 5.74) is 2.02. The second-order valence-corrected chi connectivity index (χ2v) is 5.53. The first kappa shape index (κ1) is 14.6. The van der Waals surface area contributed by atoms with Gasteiger partial charge in [0.15, 0.2) is 11.6 Å². The number of halogens is 1. The number of hydrogen-bond acceptors (Lipinski definition) is 3. The van der Waals surface area contributed by atoms with E-state index in [1.807, 2.05) is 4.57 Å². The van der Waals surface area contributed by atoms with Crippen LogP contribution in [-0.2, 0) is 6.67 Å². The normalized spacial score (nSPS) is 13.8. The SMILES string of the molecule is CCCCN1Cn2c(nc(C)c2-c2ccc(O)c(F)c2)C1=O. The van der Waals surface area contributed by atoms with Crippen LogP contribution in [0.15, 0.2) is 18.2 Å². The lowest BCUT2D eigenvalue weighted by atomic mass is 10.1. The molecule has 2 heterocycles. The maximum Gasteiger partial charge on any atom is 0.291 e. The summed E-state index contributed by atoms with van der Waals surface area (Å²) in [6, 6.07) is 4.22. The number of aromatic nitrogens is 2. The van der Waals surface area contributed by atoms with Crippen LogP contribution in [0.5, 0.6) is 5.75 Å². The molecule has 1 amide bonds. The minimum Gasteiger partial charge on any atom is -0.505 e. The van der Waals surface area contributed by atoms with Crippen LogP contribution in [0.4, 0.5) is 4.39 Å². The molecule has 6 heteroatoms. The van der Waals surface area contributed by atoms with Gasteiger partial charge < -0.3 is 14.6 Å². The highest BCUT2D eigenvalue weighted by atomic mass is 19.1. The molecule has 0 bridgehead atoms. The van der Waals surface area contributed by atoms with Crippen molar-refractivity contribution in [2.75, 3.05) is 6.54 Å². The molecule has 0 atom stereocenters. The third kappa shape index (κ3) is 2.24.